The fourth-order valence-corrected chi connectivity index (χ4v) is 2.73. The number of aryl methyl sites for hydroxylation is 1. The molecule has 1 unspecified atom stereocenters. The lowest BCUT2D eigenvalue weighted by Crippen LogP contribution is -2.12. The molecule has 0 bridgehead atoms. The van der Waals surface area contributed by atoms with Crippen molar-refractivity contribution in [3.8, 4) is 0 Å². The Kier molecular flexibility index (Phi) is 7.47. The maximum absolute atomic E-state index is 11.8. The Hall–Kier alpha value is -1.20. The Bertz CT molecular complexity index is 438. The first-order valence-electron chi connectivity index (χ1n) is 6.87. The highest BCUT2D eigenvalue weighted by molar-refractivity contribution is 7.99. The molecule has 1 atom stereocenters. The predicted molar refractivity (Wildman–Crippen MR) is 87.0 cm³/mol. The number of amides is 1. The lowest BCUT2D eigenvalue weighted by molar-refractivity contribution is -0.116. The van der Waals surface area contributed by atoms with Crippen LogP contribution in [0.1, 0.15) is 25.3 Å². The molecule has 0 radical (unpaired) electrons. The summed E-state index contributed by atoms with van der Waals surface area (Å²) in [6.45, 7) is 4.17. The van der Waals surface area contributed by atoms with Crippen LogP contribution in [0.5, 0.6) is 0 Å². The first kappa shape index (κ1) is 16.9. The molecular weight excluding hydrogens is 272 g/mol. The van der Waals surface area contributed by atoms with Gasteiger partial charge in [0.25, 0.3) is 0 Å². The van der Waals surface area contributed by atoms with Gasteiger partial charge in [-0.2, -0.15) is 11.8 Å². The van der Waals surface area contributed by atoms with E-state index in [-0.39, 0.29) is 12.5 Å². The van der Waals surface area contributed by atoms with Gasteiger partial charge < -0.3 is 16.2 Å². The summed E-state index contributed by atoms with van der Waals surface area (Å²) >= 11 is 1.78. The monoisotopic (exact) mass is 296 g/mol. The van der Waals surface area contributed by atoms with Crippen LogP contribution in [0.4, 0.5) is 11.4 Å². The van der Waals surface area contributed by atoms with Crippen molar-refractivity contribution in [2.24, 2.45) is 5.92 Å². The number of nitrogens with two attached hydrogens (primary N) is 1. The van der Waals surface area contributed by atoms with Crippen LogP contribution in [0.25, 0.3) is 0 Å². The fourth-order valence-electron chi connectivity index (χ4n) is 1.71. The molecule has 0 fully saturated rings. The molecule has 1 aromatic carbocycles. The summed E-state index contributed by atoms with van der Waals surface area (Å²) < 4.78 is 0. The van der Waals surface area contributed by atoms with Crippen LogP contribution in [0, 0.1) is 12.8 Å². The summed E-state index contributed by atoms with van der Waals surface area (Å²) in [5, 5.41) is 11.8. The van der Waals surface area contributed by atoms with Gasteiger partial charge >= 0.3 is 0 Å². The molecule has 0 spiro atoms. The predicted octanol–water partition coefficient (Wildman–Crippen LogP) is 2.66. The topological polar surface area (TPSA) is 75.3 Å². The molecule has 0 aliphatic carbocycles. The van der Waals surface area contributed by atoms with Crippen LogP contribution in [0.2, 0.25) is 0 Å². The molecule has 0 aromatic heterocycles. The van der Waals surface area contributed by atoms with Crippen LogP contribution in [-0.2, 0) is 4.79 Å². The Labute approximate surface area is 125 Å². The molecule has 0 saturated carbocycles. The molecule has 0 heterocycles. The standard InChI is InChI=1S/C15H24N2O2S/c1-11(9-18)10-20-7-3-4-15(19)17-14-6-5-13(16)8-12(14)2/h5-6,8,11,18H,3-4,7,9-10,16H2,1-2H3,(H,17,19). The van der Waals surface area contributed by atoms with E-state index in [4.69, 9.17) is 10.8 Å². The zero-order valence-electron chi connectivity index (χ0n) is 12.2. The first-order valence-corrected chi connectivity index (χ1v) is 8.03. The molecule has 4 N–H and O–H groups in total. The van der Waals surface area contributed by atoms with Gasteiger partial charge in [0.2, 0.25) is 5.91 Å². The second-order valence-electron chi connectivity index (χ2n) is 5.09. The summed E-state index contributed by atoms with van der Waals surface area (Å²) in [4.78, 5) is 11.8. The zero-order chi connectivity index (χ0) is 15.0. The molecule has 4 nitrogen and oxygen atoms in total. The molecule has 20 heavy (non-hydrogen) atoms. The van der Waals surface area contributed by atoms with E-state index in [0.29, 0.717) is 18.0 Å². The van der Waals surface area contributed by atoms with Gasteiger partial charge in [0, 0.05) is 24.4 Å². The lowest BCUT2D eigenvalue weighted by Gasteiger charge is -2.09. The summed E-state index contributed by atoms with van der Waals surface area (Å²) in [7, 11) is 0. The lowest BCUT2D eigenvalue weighted by atomic mass is 10.1. The maximum atomic E-state index is 11.8. The van der Waals surface area contributed by atoms with Crippen molar-refractivity contribution in [3.63, 3.8) is 0 Å². The van der Waals surface area contributed by atoms with Gasteiger partial charge in [-0.1, -0.05) is 6.92 Å². The number of thioether (sulfide) groups is 1. The Morgan fingerprint density at radius 3 is 2.90 bits per heavy atom. The number of nitrogens with one attached hydrogen (secondary N) is 1. The van der Waals surface area contributed by atoms with E-state index in [1.165, 1.54) is 0 Å². The number of nitrogen functional groups attached to an aromatic ring is 1. The van der Waals surface area contributed by atoms with E-state index in [9.17, 15) is 4.79 Å². The quantitative estimate of drug-likeness (QED) is 0.509. The minimum atomic E-state index is 0.0358. The second kappa shape index (κ2) is 8.87. The highest BCUT2D eigenvalue weighted by Gasteiger charge is 2.05. The maximum Gasteiger partial charge on any atom is 0.224 e. The van der Waals surface area contributed by atoms with Gasteiger partial charge in [0.1, 0.15) is 0 Å². The number of hydrogen-bond donors (Lipinski definition) is 3. The molecule has 1 rings (SSSR count). The van der Waals surface area contributed by atoms with Crippen LogP contribution in [0.3, 0.4) is 0 Å². The molecule has 5 heteroatoms. The van der Waals surface area contributed by atoms with Crippen LogP contribution in [0.15, 0.2) is 18.2 Å². The minimum Gasteiger partial charge on any atom is -0.399 e. The molecule has 0 aliphatic heterocycles. The molecule has 0 aliphatic rings. The number of carbonyl (C=O) groups is 1. The van der Waals surface area contributed by atoms with Gasteiger partial charge in [-0.3, -0.25) is 4.79 Å². The largest absolute Gasteiger partial charge is 0.399 e. The molecular formula is C15H24N2O2S. The second-order valence-corrected chi connectivity index (χ2v) is 6.24. The van der Waals surface area contributed by atoms with Crippen molar-refractivity contribution >= 4 is 29.0 Å². The average molecular weight is 296 g/mol. The van der Waals surface area contributed by atoms with Crippen molar-refractivity contribution in [2.75, 3.05) is 29.2 Å². The van der Waals surface area contributed by atoms with Crippen molar-refractivity contribution in [1.82, 2.24) is 0 Å². The Morgan fingerprint density at radius 2 is 2.25 bits per heavy atom. The smallest absolute Gasteiger partial charge is 0.224 e. The van der Waals surface area contributed by atoms with E-state index in [1.54, 1.807) is 17.8 Å². The normalized spacial score (nSPS) is 12.2. The molecule has 1 aromatic rings. The molecule has 112 valence electrons. The summed E-state index contributed by atoms with van der Waals surface area (Å²) in [5.74, 6) is 2.24. The SMILES string of the molecule is Cc1cc(N)ccc1NC(=O)CCCSCC(C)CO. The van der Waals surface area contributed by atoms with Gasteiger partial charge in [-0.25, -0.2) is 0 Å². The van der Waals surface area contributed by atoms with Crippen molar-refractivity contribution in [1.29, 1.82) is 0 Å². The third-order valence-electron chi connectivity index (χ3n) is 2.93. The van der Waals surface area contributed by atoms with Gasteiger partial charge in [0.15, 0.2) is 0 Å². The number of anilines is 2. The fraction of sp³-hybridized carbons (Fsp3) is 0.533. The highest BCUT2D eigenvalue weighted by Crippen LogP contribution is 2.18. The number of benzene rings is 1. The third-order valence-corrected chi connectivity index (χ3v) is 4.31. The average Bonchev–Trinajstić information content (AvgIpc) is 2.41. The van der Waals surface area contributed by atoms with E-state index < -0.39 is 0 Å². The summed E-state index contributed by atoms with van der Waals surface area (Å²) in [6, 6.07) is 5.47. The number of hydrogen-bond acceptors (Lipinski definition) is 4. The van der Waals surface area contributed by atoms with Crippen LogP contribution >= 0.6 is 11.8 Å². The Morgan fingerprint density at radius 1 is 1.50 bits per heavy atom. The number of aliphatic hydroxyl groups excluding tert-OH is 1. The van der Waals surface area contributed by atoms with E-state index in [0.717, 1.165) is 29.2 Å². The van der Waals surface area contributed by atoms with Crippen LogP contribution in [-0.4, -0.2) is 29.1 Å². The van der Waals surface area contributed by atoms with Crippen molar-refractivity contribution in [3.05, 3.63) is 23.8 Å². The number of carbonyl (C=O) groups excluding carboxylic acids is 1. The molecule has 1 amide bonds. The third kappa shape index (κ3) is 6.30. The minimum absolute atomic E-state index is 0.0358. The summed E-state index contributed by atoms with van der Waals surface area (Å²) in [6.07, 6.45) is 1.37. The van der Waals surface area contributed by atoms with Crippen molar-refractivity contribution in [2.45, 2.75) is 26.7 Å². The first-order chi connectivity index (χ1) is 9.52. The van der Waals surface area contributed by atoms with E-state index in [2.05, 4.69) is 5.32 Å². The van der Waals surface area contributed by atoms with Gasteiger partial charge in [0.05, 0.1) is 0 Å². The Balaban J connectivity index is 2.23. The number of rotatable bonds is 8. The highest BCUT2D eigenvalue weighted by atomic mass is 32.2. The van der Waals surface area contributed by atoms with Gasteiger partial charge in [-0.05, 0) is 54.5 Å². The van der Waals surface area contributed by atoms with Crippen LogP contribution < -0.4 is 11.1 Å². The van der Waals surface area contributed by atoms with E-state index in [1.807, 2.05) is 26.0 Å². The zero-order valence-corrected chi connectivity index (χ0v) is 13.0. The van der Waals surface area contributed by atoms with E-state index >= 15 is 0 Å². The summed E-state index contributed by atoms with van der Waals surface area (Å²) in [5.41, 5.74) is 8.18. The van der Waals surface area contributed by atoms with Crippen molar-refractivity contribution < 1.29 is 9.90 Å². The molecule has 0 saturated heterocycles. The number of aliphatic hydroxyl groups is 1. The van der Waals surface area contributed by atoms with Gasteiger partial charge in [-0.15, -0.1) is 0 Å².